The molecule has 1 heterocycles. The predicted molar refractivity (Wildman–Crippen MR) is 86.2 cm³/mol. The van der Waals surface area contributed by atoms with Crippen molar-refractivity contribution in [2.45, 2.75) is 6.04 Å². The van der Waals surface area contributed by atoms with Crippen molar-refractivity contribution in [1.82, 2.24) is 5.32 Å². The maximum absolute atomic E-state index is 12.7. The summed E-state index contributed by atoms with van der Waals surface area (Å²) in [7, 11) is 0. The average Bonchev–Trinajstić information content (AvgIpc) is 2.88. The lowest BCUT2D eigenvalue weighted by molar-refractivity contribution is -0.118. The SMILES string of the molecule is NCCOc1ccccc1C1NC(=O)N(c2ccccc2)C1=O. The molecule has 1 atom stereocenters. The molecule has 2 aromatic carbocycles. The molecule has 1 unspecified atom stereocenters. The zero-order valence-electron chi connectivity index (χ0n) is 12.4. The van der Waals surface area contributed by atoms with Crippen molar-refractivity contribution in [3.63, 3.8) is 0 Å². The van der Waals surface area contributed by atoms with Crippen LogP contribution in [0.2, 0.25) is 0 Å². The summed E-state index contributed by atoms with van der Waals surface area (Å²) in [6.07, 6.45) is 0. The molecule has 6 heteroatoms. The minimum absolute atomic E-state index is 0.329. The van der Waals surface area contributed by atoms with Gasteiger partial charge in [-0.05, 0) is 18.2 Å². The number of amides is 3. The predicted octanol–water partition coefficient (Wildman–Crippen LogP) is 1.82. The first-order valence-electron chi connectivity index (χ1n) is 7.33. The maximum atomic E-state index is 12.7. The highest BCUT2D eigenvalue weighted by Gasteiger charge is 2.41. The van der Waals surface area contributed by atoms with Gasteiger partial charge in [-0.25, -0.2) is 9.69 Å². The fraction of sp³-hybridized carbons (Fsp3) is 0.176. The van der Waals surface area contributed by atoms with Crippen LogP contribution < -0.4 is 20.7 Å². The summed E-state index contributed by atoms with van der Waals surface area (Å²) in [6, 6.07) is 14.8. The maximum Gasteiger partial charge on any atom is 0.329 e. The molecule has 1 aliphatic rings. The van der Waals surface area contributed by atoms with Crippen LogP contribution in [0.3, 0.4) is 0 Å². The van der Waals surface area contributed by atoms with Crippen molar-refractivity contribution < 1.29 is 14.3 Å². The van der Waals surface area contributed by atoms with Crippen LogP contribution in [0, 0.1) is 0 Å². The Hall–Kier alpha value is -2.86. The number of para-hydroxylation sites is 2. The monoisotopic (exact) mass is 311 g/mol. The number of carbonyl (C=O) groups is 2. The van der Waals surface area contributed by atoms with Gasteiger partial charge < -0.3 is 15.8 Å². The Morgan fingerprint density at radius 1 is 1.04 bits per heavy atom. The van der Waals surface area contributed by atoms with Gasteiger partial charge in [0.1, 0.15) is 18.4 Å². The van der Waals surface area contributed by atoms with Crippen LogP contribution in [0.15, 0.2) is 54.6 Å². The second-order valence-electron chi connectivity index (χ2n) is 5.07. The minimum Gasteiger partial charge on any atom is -0.492 e. The molecule has 1 saturated heterocycles. The summed E-state index contributed by atoms with van der Waals surface area (Å²) in [5.74, 6) is 0.219. The molecule has 3 N–H and O–H groups in total. The highest BCUT2D eigenvalue weighted by molar-refractivity contribution is 6.21. The summed E-state index contributed by atoms with van der Waals surface area (Å²) in [5.41, 5.74) is 6.62. The molecule has 0 saturated carbocycles. The van der Waals surface area contributed by atoms with Crippen molar-refractivity contribution >= 4 is 17.6 Å². The Kier molecular flexibility index (Phi) is 4.25. The van der Waals surface area contributed by atoms with Crippen LogP contribution in [0.1, 0.15) is 11.6 Å². The second-order valence-corrected chi connectivity index (χ2v) is 5.07. The lowest BCUT2D eigenvalue weighted by atomic mass is 10.1. The van der Waals surface area contributed by atoms with Gasteiger partial charge in [-0.2, -0.15) is 0 Å². The van der Waals surface area contributed by atoms with Gasteiger partial charge in [-0.3, -0.25) is 4.79 Å². The van der Waals surface area contributed by atoms with Gasteiger partial charge >= 0.3 is 6.03 Å². The molecule has 0 aromatic heterocycles. The zero-order chi connectivity index (χ0) is 16.2. The molecule has 3 rings (SSSR count). The van der Waals surface area contributed by atoms with E-state index < -0.39 is 12.1 Å². The van der Waals surface area contributed by atoms with Gasteiger partial charge in [0.2, 0.25) is 0 Å². The summed E-state index contributed by atoms with van der Waals surface area (Å²) >= 11 is 0. The van der Waals surface area contributed by atoms with Crippen molar-refractivity contribution in [3.05, 3.63) is 60.2 Å². The fourth-order valence-electron chi connectivity index (χ4n) is 2.53. The van der Waals surface area contributed by atoms with E-state index in [1.54, 1.807) is 42.5 Å². The molecule has 0 spiro atoms. The molecular formula is C17H17N3O3. The van der Waals surface area contributed by atoms with Crippen molar-refractivity contribution in [1.29, 1.82) is 0 Å². The summed E-state index contributed by atoms with van der Waals surface area (Å²) < 4.78 is 5.58. The molecule has 1 aliphatic heterocycles. The van der Waals surface area contributed by atoms with Crippen LogP contribution in [-0.4, -0.2) is 25.1 Å². The number of nitrogens with one attached hydrogen (secondary N) is 1. The normalized spacial score (nSPS) is 17.3. The van der Waals surface area contributed by atoms with Crippen LogP contribution in [0.4, 0.5) is 10.5 Å². The molecule has 2 aromatic rings. The molecule has 0 radical (unpaired) electrons. The van der Waals surface area contributed by atoms with E-state index in [1.165, 1.54) is 0 Å². The molecule has 23 heavy (non-hydrogen) atoms. The standard InChI is InChI=1S/C17H17N3O3/c18-10-11-23-14-9-5-4-8-13(14)15-16(21)20(17(22)19-15)12-6-2-1-3-7-12/h1-9,15H,10-11,18H2,(H,19,22). The van der Waals surface area contributed by atoms with E-state index in [-0.39, 0.29) is 5.91 Å². The van der Waals surface area contributed by atoms with E-state index in [4.69, 9.17) is 10.5 Å². The number of ether oxygens (including phenoxy) is 1. The number of benzene rings is 2. The molecule has 0 bridgehead atoms. The molecule has 3 amide bonds. The topological polar surface area (TPSA) is 84.7 Å². The second kappa shape index (κ2) is 6.50. The average molecular weight is 311 g/mol. The zero-order valence-corrected chi connectivity index (χ0v) is 12.4. The summed E-state index contributed by atoms with van der Waals surface area (Å²) in [4.78, 5) is 26.1. The number of urea groups is 1. The number of hydrogen-bond donors (Lipinski definition) is 2. The third kappa shape index (κ3) is 2.89. The quantitative estimate of drug-likeness (QED) is 0.825. The van der Waals surface area contributed by atoms with E-state index in [9.17, 15) is 9.59 Å². The highest BCUT2D eigenvalue weighted by atomic mass is 16.5. The van der Waals surface area contributed by atoms with Crippen LogP contribution >= 0.6 is 0 Å². The molecule has 118 valence electrons. The third-order valence-electron chi connectivity index (χ3n) is 3.56. The van der Waals surface area contributed by atoms with E-state index >= 15 is 0 Å². The Morgan fingerprint density at radius 3 is 2.48 bits per heavy atom. The number of nitrogens with zero attached hydrogens (tertiary/aromatic N) is 1. The molecule has 0 aliphatic carbocycles. The molecular weight excluding hydrogens is 294 g/mol. The highest BCUT2D eigenvalue weighted by Crippen LogP contribution is 2.31. The first-order valence-corrected chi connectivity index (χ1v) is 7.33. The summed E-state index contributed by atoms with van der Waals surface area (Å²) in [5, 5.41) is 2.71. The van der Waals surface area contributed by atoms with Gasteiger partial charge in [0.15, 0.2) is 0 Å². The van der Waals surface area contributed by atoms with E-state index in [0.29, 0.717) is 30.2 Å². The number of imide groups is 1. The van der Waals surface area contributed by atoms with Gasteiger partial charge in [0, 0.05) is 12.1 Å². The van der Waals surface area contributed by atoms with Gasteiger partial charge in [-0.1, -0.05) is 36.4 Å². The first-order chi connectivity index (χ1) is 11.2. The smallest absolute Gasteiger partial charge is 0.329 e. The summed E-state index contributed by atoms with van der Waals surface area (Å²) in [6.45, 7) is 0.712. The van der Waals surface area contributed by atoms with Gasteiger partial charge in [0.25, 0.3) is 5.91 Å². The molecule has 1 fully saturated rings. The lowest BCUT2D eigenvalue weighted by Gasteiger charge is -2.15. The number of rotatable bonds is 5. The van der Waals surface area contributed by atoms with Crippen LogP contribution in [0.5, 0.6) is 5.75 Å². The third-order valence-corrected chi connectivity index (χ3v) is 3.56. The van der Waals surface area contributed by atoms with Gasteiger partial charge in [0.05, 0.1) is 5.69 Å². The first kappa shape index (κ1) is 15.1. The minimum atomic E-state index is -0.767. The Bertz CT molecular complexity index is 718. The van der Waals surface area contributed by atoms with Crippen molar-refractivity contribution in [3.8, 4) is 5.75 Å². The van der Waals surface area contributed by atoms with E-state index in [2.05, 4.69) is 5.32 Å². The fourth-order valence-corrected chi connectivity index (χ4v) is 2.53. The Morgan fingerprint density at radius 2 is 1.74 bits per heavy atom. The number of anilines is 1. The Labute approximate surface area is 133 Å². The largest absolute Gasteiger partial charge is 0.492 e. The van der Waals surface area contributed by atoms with Crippen molar-refractivity contribution in [2.75, 3.05) is 18.1 Å². The van der Waals surface area contributed by atoms with Crippen LogP contribution in [-0.2, 0) is 4.79 Å². The number of carbonyl (C=O) groups excluding carboxylic acids is 2. The van der Waals surface area contributed by atoms with Crippen LogP contribution in [0.25, 0.3) is 0 Å². The van der Waals surface area contributed by atoms with E-state index in [1.807, 2.05) is 12.1 Å². The lowest BCUT2D eigenvalue weighted by Crippen LogP contribution is -2.30. The number of hydrogen-bond acceptors (Lipinski definition) is 4. The Balaban J connectivity index is 1.91. The van der Waals surface area contributed by atoms with Crippen molar-refractivity contribution in [2.24, 2.45) is 5.73 Å². The number of nitrogens with two attached hydrogens (primary N) is 1. The molecule has 6 nitrogen and oxygen atoms in total. The van der Waals surface area contributed by atoms with E-state index in [0.717, 1.165) is 4.90 Å². The van der Waals surface area contributed by atoms with Gasteiger partial charge in [-0.15, -0.1) is 0 Å².